The third-order valence-corrected chi connectivity index (χ3v) is 5.05. The molecular formula is C19H14ClNO5S. The molecule has 0 radical (unpaired) electrons. The summed E-state index contributed by atoms with van der Waals surface area (Å²) in [5, 5.41) is 11.1. The average molecular weight is 404 g/mol. The Hall–Kier alpha value is -2.90. The number of ketones is 1. The molecule has 2 aromatic carbocycles. The first-order valence-corrected chi connectivity index (χ1v) is 9.01. The van der Waals surface area contributed by atoms with Crippen molar-refractivity contribution >= 4 is 34.4 Å². The van der Waals surface area contributed by atoms with Crippen LogP contribution in [0.2, 0.25) is 4.34 Å². The number of Topliss-reactive ketones (excluding diaryl/α,β-unsaturated/α-hetero) is 1. The molecule has 0 aliphatic carbocycles. The maximum atomic E-state index is 12.2. The second kappa shape index (κ2) is 8.20. The topological polar surface area (TPSA) is 78.7 Å². The maximum Gasteiger partial charge on any atom is 0.270 e. The van der Waals surface area contributed by atoms with Crippen molar-refractivity contribution in [1.29, 1.82) is 0 Å². The van der Waals surface area contributed by atoms with E-state index in [9.17, 15) is 14.9 Å². The van der Waals surface area contributed by atoms with Gasteiger partial charge in [-0.1, -0.05) is 23.7 Å². The summed E-state index contributed by atoms with van der Waals surface area (Å²) in [6.07, 6.45) is 0. The largest absolute Gasteiger partial charge is 0.497 e. The predicted molar refractivity (Wildman–Crippen MR) is 104 cm³/mol. The summed E-state index contributed by atoms with van der Waals surface area (Å²) in [4.78, 5) is 23.4. The first kappa shape index (κ1) is 18.9. The zero-order chi connectivity index (χ0) is 19.4. The van der Waals surface area contributed by atoms with E-state index >= 15 is 0 Å². The molecular weight excluding hydrogens is 390 g/mol. The van der Waals surface area contributed by atoms with Crippen molar-refractivity contribution in [1.82, 2.24) is 0 Å². The highest BCUT2D eigenvalue weighted by Gasteiger charge is 2.16. The Bertz CT molecular complexity index is 984. The van der Waals surface area contributed by atoms with E-state index in [1.165, 1.54) is 29.5 Å². The van der Waals surface area contributed by atoms with Gasteiger partial charge < -0.3 is 9.47 Å². The number of hydrogen-bond donors (Lipinski definition) is 0. The van der Waals surface area contributed by atoms with Gasteiger partial charge in [0.05, 0.1) is 21.2 Å². The van der Waals surface area contributed by atoms with Crippen LogP contribution >= 0.6 is 22.9 Å². The Balaban J connectivity index is 1.89. The van der Waals surface area contributed by atoms with Crippen LogP contribution in [-0.2, 0) is 0 Å². The third-order valence-electron chi connectivity index (χ3n) is 3.78. The molecule has 8 heteroatoms. The summed E-state index contributed by atoms with van der Waals surface area (Å²) in [5.74, 6) is 0.823. The fourth-order valence-electron chi connectivity index (χ4n) is 2.43. The molecule has 0 fully saturated rings. The molecule has 1 aromatic heterocycles. The van der Waals surface area contributed by atoms with Crippen molar-refractivity contribution in [2.75, 3.05) is 13.7 Å². The van der Waals surface area contributed by atoms with Crippen molar-refractivity contribution < 1.29 is 19.2 Å². The van der Waals surface area contributed by atoms with Crippen molar-refractivity contribution in [3.8, 4) is 22.6 Å². The van der Waals surface area contributed by atoms with Crippen LogP contribution in [0.4, 0.5) is 5.69 Å². The molecule has 0 saturated carbocycles. The summed E-state index contributed by atoms with van der Waals surface area (Å²) in [5.41, 5.74) is 1.16. The fourth-order valence-corrected chi connectivity index (χ4v) is 3.40. The summed E-state index contributed by atoms with van der Waals surface area (Å²) in [6.45, 7) is -0.197. The van der Waals surface area contributed by atoms with E-state index < -0.39 is 4.92 Å². The van der Waals surface area contributed by atoms with Crippen molar-refractivity contribution in [3.05, 3.63) is 73.9 Å². The minimum Gasteiger partial charge on any atom is -0.497 e. The average Bonchev–Trinajstić information content (AvgIpc) is 3.12. The zero-order valence-corrected chi connectivity index (χ0v) is 15.8. The molecule has 0 spiro atoms. The first-order chi connectivity index (χ1) is 13.0. The number of carbonyl (C=O) groups excluding carboxylic acids is 1. The molecule has 0 unspecified atom stereocenters. The number of carbonyl (C=O) groups is 1. The lowest BCUT2D eigenvalue weighted by atomic mass is 10.0. The van der Waals surface area contributed by atoms with Crippen LogP contribution in [0.1, 0.15) is 9.67 Å². The van der Waals surface area contributed by atoms with E-state index in [4.69, 9.17) is 21.1 Å². The van der Waals surface area contributed by atoms with Crippen molar-refractivity contribution in [2.45, 2.75) is 0 Å². The Kier molecular flexibility index (Phi) is 5.73. The Morgan fingerprint density at radius 3 is 2.48 bits per heavy atom. The van der Waals surface area contributed by atoms with E-state index in [1.54, 1.807) is 43.5 Å². The van der Waals surface area contributed by atoms with Gasteiger partial charge in [-0.25, -0.2) is 0 Å². The van der Waals surface area contributed by atoms with Crippen LogP contribution in [0.5, 0.6) is 11.5 Å². The molecule has 0 aliphatic heterocycles. The first-order valence-electron chi connectivity index (χ1n) is 7.82. The van der Waals surface area contributed by atoms with Gasteiger partial charge in [-0.2, -0.15) is 0 Å². The van der Waals surface area contributed by atoms with Gasteiger partial charge in [-0.3, -0.25) is 14.9 Å². The number of nitro benzene ring substituents is 1. The Morgan fingerprint density at radius 1 is 1.15 bits per heavy atom. The zero-order valence-electron chi connectivity index (χ0n) is 14.2. The highest BCUT2D eigenvalue weighted by molar-refractivity contribution is 7.18. The smallest absolute Gasteiger partial charge is 0.270 e. The monoisotopic (exact) mass is 403 g/mol. The summed E-state index contributed by atoms with van der Waals surface area (Å²) >= 11 is 7.02. The molecule has 1 heterocycles. The number of nitrogens with zero attached hydrogens (tertiary/aromatic N) is 1. The van der Waals surface area contributed by atoms with Gasteiger partial charge in [0.1, 0.15) is 11.5 Å². The highest BCUT2D eigenvalue weighted by Crippen LogP contribution is 2.34. The van der Waals surface area contributed by atoms with Crippen LogP contribution in [0.25, 0.3) is 11.1 Å². The third kappa shape index (κ3) is 4.45. The van der Waals surface area contributed by atoms with E-state index in [-0.39, 0.29) is 18.1 Å². The van der Waals surface area contributed by atoms with Crippen molar-refractivity contribution in [2.24, 2.45) is 0 Å². The number of hydrogen-bond acceptors (Lipinski definition) is 6. The van der Waals surface area contributed by atoms with Gasteiger partial charge in [-0.05, 0) is 35.9 Å². The molecule has 3 aromatic rings. The number of ether oxygens (including phenoxy) is 2. The standard InChI is InChI=1S/C19H14ClNO5S/c1-25-14-5-2-12(3-6-14)15-10-13(21(23)24)4-7-17(15)26-11-16(22)18-8-9-19(20)27-18/h2-10H,11H2,1H3. The minimum atomic E-state index is -0.477. The lowest BCUT2D eigenvalue weighted by molar-refractivity contribution is -0.384. The van der Waals surface area contributed by atoms with Crippen LogP contribution in [0.15, 0.2) is 54.6 Å². The van der Waals surface area contributed by atoms with Gasteiger partial charge in [-0.15, -0.1) is 11.3 Å². The van der Waals surface area contributed by atoms with E-state index in [0.29, 0.717) is 31.8 Å². The van der Waals surface area contributed by atoms with Crippen LogP contribution < -0.4 is 9.47 Å². The molecule has 0 amide bonds. The SMILES string of the molecule is COc1ccc(-c2cc([N+](=O)[O-])ccc2OCC(=O)c2ccc(Cl)s2)cc1. The molecule has 3 rings (SSSR count). The second-order valence-electron chi connectivity index (χ2n) is 5.48. The highest BCUT2D eigenvalue weighted by atomic mass is 35.5. The number of non-ortho nitro benzene ring substituents is 1. The molecule has 0 atom stereocenters. The molecule has 27 heavy (non-hydrogen) atoms. The van der Waals surface area contributed by atoms with E-state index in [1.807, 2.05) is 0 Å². The van der Waals surface area contributed by atoms with E-state index in [2.05, 4.69) is 0 Å². The lowest BCUT2D eigenvalue weighted by Gasteiger charge is -2.11. The number of methoxy groups -OCH3 is 1. The number of nitro groups is 1. The maximum absolute atomic E-state index is 12.2. The quantitative estimate of drug-likeness (QED) is 0.306. The Morgan fingerprint density at radius 2 is 1.89 bits per heavy atom. The normalized spacial score (nSPS) is 10.4. The summed E-state index contributed by atoms with van der Waals surface area (Å²) in [7, 11) is 1.55. The van der Waals surface area contributed by atoms with E-state index in [0.717, 1.165) is 0 Å². The second-order valence-corrected chi connectivity index (χ2v) is 7.20. The van der Waals surface area contributed by atoms with Gasteiger partial charge in [0, 0.05) is 17.7 Å². The molecule has 138 valence electrons. The molecule has 6 nitrogen and oxygen atoms in total. The van der Waals surface area contributed by atoms with Gasteiger partial charge in [0.15, 0.2) is 6.61 Å². The summed E-state index contributed by atoms with van der Waals surface area (Å²) in [6, 6.07) is 14.6. The molecule has 0 saturated heterocycles. The van der Waals surface area contributed by atoms with Crippen LogP contribution in [0, 0.1) is 10.1 Å². The minimum absolute atomic E-state index is 0.0652. The molecule has 0 N–H and O–H groups in total. The fraction of sp³-hybridized carbons (Fsp3) is 0.105. The predicted octanol–water partition coefficient (Wildman–Crippen LogP) is 5.25. The van der Waals surface area contributed by atoms with Gasteiger partial charge in [0.2, 0.25) is 5.78 Å². The number of halogens is 1. The molecule has 0 aliphatic rings. The Labute approximate surface area is 164 Å². The van der Waals surface area contributed by atoms with Crippen LogP contribution in [-0.4, -0.2) is 24.4 Å². The number of benzene rings is 2. The number of rotatable bonds is 7. The molecule has 0 bridgehead atoms. The van der Waals surface area contributed by atoms with Gasteiger partial charge in [0.25, 0.3) is 5.69 Å². The summed E-state index contributed by atoms with van der Waals surface area (Å²) < 4.78 is 11.3. The van der Waals surface area contributed by atoms with Gasteiger partial charge >= 0.3 is 0 Å². The lowest BCUT2D eigenvalue weighted by Crippen LogP contribution is -2.10. The van der Waals surface area contributed by atoms with Crippen LogP contribution in [0.3, 0.4) is 0 Å². The van der Waals surface area contributed by atoms with Crippen molar-refractivity contribution in [3.63, 3.8) is 0 Å². The number of thiophene rings is 1.